The highest BCUT2D eigenvalue weighted by atomic mass is 32.2. The second kappa shape index (κ2) is 5.49. The minimum absolute atomic E-state index is 0.0630. The molecule has 2 N–H and O–H groups in total. The van der Waals surface area contributed by atoms with Crippen molar-refractivity contribution in [2.45, 2.75) is 11.4 Å². The van der Waals surface area contributed by atoms with Gasteiger partial charge in [0, 0.05) is 17.4 Å². The molecule has 1 heterocycles. The Bertz CT molecular complexity index is 452. The molecular weight excluding hydrogens is 254 g/mol. The molecule has 18 heavy (non-hydrogen) atoms. The minimum atomic E-state index is -0.822. The maximum absolute atomic E-state index is 10.9. The predicted molar refractivity (Wildman–Crippen MR) is 69.3 cm³/mol. The summed E-state index contributed by atoms with van der Waals surface area (Å²) in [6, 6.07) is 5.03. The first-order valence-corrected chi connectivity index (χ1v) is 6.53. The monoisotopic (exact) mass is 269 g/mol. The Morgan fingerprint density at radius 1 is 1.44 bits per heavy atom. The van der Waals surface area contributed by atoms with Gasteiger partial charge in [-0.2, -0.15) is 0 Å². The van der Waals surface area contributed by atoms with E-state index in [2.05, 4.69) is 5.32 Å². The zero-order valence-electron chi connectivity index (χ0n) is 10.2. The topological polar surface area (TPSA) is 67.8 Å². The minimum Gasteiger partial charge on any atom is -0.497 e. The number of ether oxygens (including phenoxy) is 2. The third kappa shape index (κ3) is 2.54. The summed E-state index contributed by atoms with van der Waals surface area (Å²) in [6.45, 7) is 0. The smallest absolute Gasteiger partial charge is 0.321 e. The van der Waals surface area contributed by atoms with Gasteiger partial charge in [-0.15, -0.1) is 11.8 Å². The molecule has 1 unspecified atom stereocenters. The number of methoxy groups -OCH3 is 2. The van der Waals surface area contributed by atoms with Crippen LogP contribution in [0.2, 0.25) is 0 Å². The van der Waals surface area contributed by atoms with Crippen LogP contribution in [0.15, 0.2) is 18.2 Å². The van der Waals surface area contributed by atoms with Crippen LogP contribution in [0.1, 0.15) is 10.9 Å². The van der Waals surface area contributed by atoms with Crippen molar-refractivity contribution >= 4 is 17.7 Å². The Morgan fingerprint density at radius 3 is 2.78 bits per heavy atom. The van der Waals surface area contributed by atoms with Gasteiger partial charge in [0.05, 0.1) is 19.6 Å². The lowest BCUT2D eigenvalue weighted by Crippen LogP contribution is -2.33. The van der Waals surface area contributed by atoms with Crippen molar-refractivity contribution in [3.63, 3.8) is 0 Å². The molecule has 1 aliphatic rings. The van der Waals surface area contributed by atoms with Crippen molar-refractivity contribution in [2.24, 2.45) is 0 Å². The van der Waals surface area contributed by atoms with Crippen LogP contribution in [0.25, 0.3) is 0 Å². The van der Waals surface area contributed by atoms with Crippen molar-refractivity contribution in [1.29, 1.82) is 0 Å². The average Bonchev–Trinajstić information content (AvgIpc) is 2.87. The fourth-order valence-corrected chi connectivity index (χ4v) is 3.09. The first kappa shape index (κ1) is 13.0. The van der Waals surface area contributed by atoms with Gasteiger partial charge in [-0.05, 0) is 12.1 Å². The van der Waals surface area contributed by atoms with Crippen LogP contribution in [0.3, 0.4) is 0 Å². The standard InChI is InChI=1S/C12H15NO4S/c1-16-7-3-4-8(10(5-7)17-2)11-13-9(6-18-11)12(14)15/h3-5,9,11,13H,6H2,1-2H3,(H,14,15)/t9-,11?/m0/s1. The molecule has 2 rings (SSSR count). The van der Waals surface area contributed by atoms with Crippen molar-refractivity contribution in [3.8, 4) is 11.5 Å². The molecule has 1 saturated heterocycles. The third-order valence-corrected chi connectivity index (χ3v) is 4.05. The molecule has 1 aliphatic heterocycles. The quantitative estimate of drug-likeness (QED) is 0.863. The number of carbonyl (C=O) groups is 1. The number of nitrogens with one attached hydrogen (secondary N) is 1. The van der Waals surface area contributed by atoms with Crippen LogP contribution >= 0.6 is 11.8 Å². The van der Waals surface area contributed by atoms with Crippen molar-refractivity contribution < 1.29 is 19.4 Å². The molecule has 0 aromatic heterocycles. The molecule has 0 bridgehead atoms. The van der Waals surface area contributed by atoms with E-state index < -0.39 is 12.0 Å². The van der Waals surface area contributed by atoms with E-state index in [9.17, 15) is 4.79 Å². The molecule has 98 valence electrons. The summed E-state index contributed by atoms with van der Waals surface area (Å²) >= 11 is 1.56. The van der Waals surface area contributed by atoms with Crippen molar-refractivity contribution in [1.82, 2.24) is 5.32 Å². The van der Waals surface area contributed by atoms with Crippen LogP contribution < -0.4 is 14.8 Å². The van der Waals surface area contributed by atoms with Gasteiger partial charge in [-0.3, -0.25) is 10.1 Å². The van der Waals surface area contributed by atoms with E-state index in [1.54, 1.807) is 32.0 Å². The fraction of sp³-hybridized carbons (Fsp3) is 0.417. The Hall–Kier alpha value is -1.40. The van der Waals surface area contributed by atoms with E-state index in [1.807, 2.05) is 12.1 Å². The lowest BCUT2D eigenvalue weighted by Gasteiger charge is -2.16. The van der Waals surface area contributed by atoms with E-state index in [1.165, 1.54) is 0 Å². The Balaban J connectivity index is 2.21. The van der Waals surface area contributed by atoms with E-state index in [4.69, 9.17) is 14.6 Å². The fourth-order valence-electron chi connectivity index (χ4n) is 1.83. The maximum atomic E-state index is 10.9. The van der Waals surface area contributed by atoms with E-state index in [0.29, 0.717) is 17.3 Å². The van der Waals surface area contributed by atoms with Crippen LogP contribution in [0.5, 0.6) is 11.5 Å². The molecule has 6 heteroatoms. The van der Waals surface area contributed by atoms with E-state index in [0.717, 1.165) is 5.56 Å². The Labute approximate surface area is 109 Å². The van der Waals surface area contributed by atoms with Gasteiger partial charge in [0.1, 0.15) is 17.5 Å². The lowest BCUT2D eigenvalue weighted by molar-refractivity contribution is -0.138. The molecule has 1 aromatic rings. The summed E-state index contributed by atoms with van der Waals surface area (Å²) in [4.78, 5) is 10.9. The highest BCUT2D eigenvalue weighted by Gasteiger charge is 2.31. The SMILES string of the molecule is COc1ccc(C2N[C@H](C(=O)O)CS2)c(OC)c1. The second-order valence-electron chi connectivity index (χ2n) is 3.88. The van der Waals surface area contributed by atoms with Crippen molar-refractivity contribution in [2.75, 3.05) is 20.0 Å². The maximum Gasteiger partial charge on any atom is 0.321 e. The van der Waals surface area contributed by atoms with E-state index in [-0.39, 0.29) is 5.37 Å². The van der Waals surface area contributed by atoms with Crippen LogP contribution in [-0.2, 0) is 4.79 Å². The molecule has 0 radical (unpaired) electrons. The van der Waals surface area contributed by atoms with Crippen molar-refractivity contribution in [3.05, 3.63) is 23.8 Å². The molecule has 2 atom stereocenters. The molecule has 1 fully saturated rings. The first-order chi connectivity index (χ1) is 8.65. The lowest BCUT2D eigenvalue weighted by atomic mass is 10.1. The predicted octanol–water partition coefficient (Wildman–Crippen LogP) is 1.49. The Morgan fingerprint density at radius 2 is 2.22 bits per heavy atom. The van der Waals surface area contributed by atoms with Crippen LogP contribution in [-0.4, -0.2) is 37.1 Å². The molecule has 1 aromatic carbocycles. The summed E-state index contributed by atoms with van der Waals surface area (Å²) in [5, 5.41) is 12.0. The van der Waals surface area contributed by atoms with E-state index >= 15 is 0 Å². The number of carboxylic acids is 1. The number of carboxylic acid groups (broad SMARTS) is 1. The Kier molecular flexibility index (Phi) is 3.98. The van der Waals surface area contributed by atoms with Gasteiger partial charge >= 0.3 is 5.97 Å². The zero-order chi connectivity index (χ0) is 13.1. The van der Waals surface area contributed by atoms with Gasteiger partial charge in [0.2, 0.25) is 0 Å². The second-order valence-corrected chi connectivity index (χ2v) is 5.02. The van der Waals surface area contributed by atoms with Gasteiger partial charge in [-0.25, -0.2) is 0 Å². The summed E-state index contributed by atoms with van der Waals surface area (Å²) in [6.07, 6.45) is 0. The largest absolute Gasteiger partial charge is 0.497 e. The highest BCUT2D eigenvalue weighted by Crippen LogP contribution is 2.39. The number of rotatable bonds is 4. The third-order valence-electron chi connectivity index (χ3n) is 2.80. The summed E-state index contributed by atoms with van der Waals surface area (Å²) in [5.74, 6) is 1.14. The number of hydrogen-bond acceptors (Lipinski definition) is 5. The summed E-state index contributed by atoms with van der Waals surface area (Å²) < 4.78 is 10.4. The zero-order valence-corrected chi connectivity index (χ0v) is 11.0. The normalized spacial score (nSPS) is 22.8. The number of hydrogen-bond donors (Lipinski definition) is 2. The van der Waals surface area contributed by atoms with Crippen LogP contribution in [0, 0.1) is 0 Å². The van der Waals surface area contributed by atoms with Gasteiger partial charge < -0.3 is 14.6 Å². The summed E-state index contributed by atoms with van der Waals surface area (Å²) in [5.41, 5.74) is 0.937. The first-order valence-electron chi connectivity index (χ1n) is 5.48. The van der Waals surface area contributed by atoms with Crippen LogP contribution in [0.4, 0.5) is 0 Å². The highest BCUT2D eigenvalue weighted by molar-refractivity contribution is 7.99. The van der Waals surface area contributed by atoms with Gasteiger partial charge in [-0.1, -0.05) is 0 Å². The molecule has 0 saturated carbocycles. The van der Waals surface area contributed by atoms with Gasteiger partial charge in [0.25, 0.3) is 0 Å². The average molecular weight is 269 g/mol. The molecular formula is C12H15NO4S. The summed E-state index contributed by atoms with van der Waals surface area (Å²) in [7, 11) is 3.18. The number of benzene rings is 1. The number of aliphatic carboxylic acids is 1. The molecule has 5 nitrogen and oxygen atoms in total. The van der Waals surface area contributed by atoms with Gasteiger partial charge in [0.15, 0.2) is 0 Å². The number of thioether (sulfide) groups is 1. The molecule has 0 aliphatic carbocycles. The molecule has 0 amide bonds. The molecule has 0 spiro atoms.